The second kappa shape index (κ2) is 8.35. The molecule has 1 nitrogen and oxygen atoms in total. The second-order valence-corrected chi connectivity index (χ2v) is 7.54. The van der Waals surface area contributed by atoms with E-state index in [-0.39, 0.29) is 41.9 Å². The summed E-state index contributed by atoms with van der Waals surface area (Å²) in [6.07, 6.45) is 13.4. The standard InChI is InChI=1S/C18H25O.2ClH.Ti/c1-14(2)19-18(13-9-8-10-15(18)3)17(4,5)16-11-6-7-12-16;;;/h6,8-11,14H,7,13H2,1-5H3;2*1H;/q;;;+2/p-2. The Labute approximate surface area is 159 Å². The summed E-state index contributed by atoms with van der Waals surface area (Å²) in [5.74, 6) is 0. The third-order valence-corrected chi connectivity index (χ3v) is 5.32. The Hall–Kier alpha value is 0.214. The van der Waals surface area contributed by atoms with Gasteiger partial charge in [0.2, 0.25) is 0 Å². The van der Waals surface area contributed by atoms with Crippen LogP contribution < -0.4 is 24.8 Å². The maximum atomic E-state index is 6.53. The summed E-state index contributed by atoms with van der Waals surface area (Å²) in [5, 5.41) is 0. The first-order chi connectivity index (χ1) is 9.31. The number of allylic oxidation sites excluding steroid dienone is 5. The molecule has 2 aliphatic carbocycles. The van der Waals surface area contributed by atoms with E-state index < -0.39 is 0 Å². The van der Waals surface area contributed by atoms with E-state index in [0.717, 1.165) is 12.8 Å². The van der Waals surface area contributed by atoms with Gasteiger partial charge in [0.25, 0.3) is 0 Å². The van der Waals surface area contributed by atoms with Crippen molar-refractivity contribution in [1.29, 1.82) is 0 Å². The Morgan fingerprint density at radius 3 is 2.32 bits per heavy atom. The molecule has 0 saturated heterocycles. The topological polar surface area (TPSA) is 9.23 Å². The number of ether oxygens (including phenoxy) is 1. The van der Waals surface area contributed by atoms with Crippen LogP contribution in [0.2, 0.25) is 0 Å². The summed E-state index contributed by atoms with van der Waals surface area (Å²) in [6.45, 7) is 11.1. The monoisotopic (exact) mass is 375 g/mol. The fraction of sp³-hybridized carbons (Fsp3) is 0.556. The number of halogens is 2. The van der Waals surface area contributed by atoms with E-state index in [2.05, 4.69) is 85.4 Å². The van der Waals surface area contributed by atoms with Gasteiger partial charge < -0.3 is 24.8 Å². The molecule has 0 fully saturated rings. The van der Waals surface area contributed by atoms with Crippen molar-refractivity contribution < 1.29 is 50.0 Å². The molecule has 0 amide bonds. The number of hydrogen-bond donors (Lipinski definition) is 0. The summed E-state index contributed by atoms with van der Waals surface area (Å²) in [6, 6.07) is 0. The average Bonchev–Trinajstić information content (AvgIpc) is 2.78. The molecule has 0 aromatic carbocycles. The molecule has 0 bridgehead atoms. The van der Waals surface area contributed by atoms with Crippen LogP contribution in [0.3, 0.4) is 0 Å². The molecule has 22 heavy (non-hydrogen) atoms. The van der Waals surface area contributed by atoms with Crippen LogP contribution in [-0.4, -0.2) is 11.7 Å². The van der Waals surface area contributed by atoms with Crippen molar-refractivity contribution in [3.8, 4) is 0 Å². The van der Waals surface area contributed by atoms with Crippen LogP contribution >= 0.6 is 0 Å². The smallest absolute Gasteiger partial charge is 1.00 e. The summed E-state index contributed by atoms with van der Waals surface area (Å²) in [7, 11) is 0. The molecule has 121 valence electrons. The minimum Gasteiger partial charge on any atom is -1.00 e. The molecule has 0 radical (unpaired) electrons. The van der Waals surface area contributed by atoms with E-state index >= 15 is 0 Å². The molecular formula is C18H25Cl2OTi. The van der Waals surface area contributed by atoms with E-state index in [0.29, 0.717) is 0 Å². The van der Waals surface area contributed by atoms with Crippen LogP contribution in [0.5, 0.6) is 0 Å². The normalized spacial score (nSPS) is 24.3. The SMILES string of the molecule is CC1=CC=CCC1(OC(C)C)C(C)(C)C1=[C]([Ti+2])CC=C1.[Cl-].[Cl-]. The molecule has 0 saturated carbocycles. The van der Waals surface area contributed by atoms with Crippen molar-refractivity contribution in [2.45, 2.75) is 59.2 Å². The Kier molecular flexibility index (Phi) is 8.43. The van der Waals surface area contributed by atoms with Crippen molar-refractivity contribution >= 4 is 0 Å². The van der Waals surface area contributed by atoms with Crippen molar-refractivity contribution in [3.05, 3.63) is 45.4 Å². The zero-order valence-electron chi connectivity index (χ0n) is 14.0. The fourth-order valence-corrected chi connectivity index (χ4v) is 4.29. The maximum absolute atomic E-state index is 6.53. The van der Waals surface area contributed by atoms with Crippen molar-refractivity contribution in [1.82, 2.24) is 0 Å². The van der Waals surface area contributed by atoms with E-state index in [9.17, 15) is 0 Å². The van der Waals surface area contributed by atoms with E-state index in [1.54, 1.807) is 0 Å². The first-order valence-corrected chi connectivity index (χ1v) is 8.23. The van der Waals surface area contributed by atoms with E-state index in [1.807, 2.05) is 0 Å². The first-order valence-electron chi connectivity index (χ1n) is 7.45. The predicted molar refractivity (Wildman–Crippen MR) is 81.0 cm³/mol. The second-order valence-electron chi connectivity index (χ2n) is 6.60. The molecule has 0 aliphatic heterocycles. The molecule has 0 aromatic rings. The van der Waals surface area contributed by atoms with Gasteiger partial charge in [-0.05, 0) is 0 Å². The van der Waals surface area contributed by atoms with Crippen LogP contribution in [0.1, 0.15) is 47.5 Å². The van der Waals surface area contributed by atoms with Crippen LogP contribution in [-0.2, 0) is 25.2 Å². The molecule has 1 unspecified atom stereocenters. The van der Waals surface area contributed by atoms with Gasteiger partial charge in [0.1, 0.15) is 0 Å². The molecule has 4 heteroatoms. The van der Waals surface area contributed by atoms with Crippen molar-refractivity contribution in [2.75, 3.05) is 0 Å². The van der Waals surface area contributed by atoms with E-state index in [1.165, 1.54) is 15.0 Å². The van der Waals surface area contributed by atoms with Gasteiger partial charge in [0, 0.05) is 0 Å². The fourth-order valence-electron chi connectivity index (χ4n) is 3.49. The van der Waals surface area contributed by atoms with Crippen LogP contribution in [0, 0.1) is 5.41 Å². The first kappa shape index (κ1) is 22.2. The van der Waals surface area contributed by atoms with Crippen molar-refractivity contribution in [2.24, 2.45) is 5.41 Å². The van der Waals surface area contributed by atoms with Gasteiger partial charge in [-0.25, -0.2) is 0 Å². The molecule has 0 heterocycles. The Balaban J connectivity index is 0.00000220. The van der Waals surface area contributed by atoms with Gasteiger partial charge in [-0.3, -0.25) is 0 Å². The number of rotatable bonds is 4. The summed E-state index contributed by atoms with van der Waals surface area (Å²) >= 11 is 2.25. The van der Waals surface area contributed by atoms with Crippen LogP contribution in [0.15, 0.2) is 45.4 Å². The zero-order chi connectivity index (χ0) is 15.0. The summed E-state index contributed by atoms with van der Waals surface area (Å²) in [4.78, 5) is 0. The Bertz CT molecular complexity index is 515. The third kappa shape index (κ3) is 3.82. The minimum atomic E-state index is -0.235. The molecule has 1 atom stereocenters. The average molecular weight is 376 g/mol. The van der Waals surface area contributed by atoms with Gasteiger partial charge in [-0.15, -0.1) is 0 Å². The van der Waals surface area contributed by atoms with Gasteiger partial charge in [-0.2, -0.15) is 0 Å². The summed E-state index contributed by atoms with van der Waals surface area (Å²) < 4.78 is 8.00. The zero-order valence-corrected chi connectivity index (χ0v) is 17.1. The van der Waals surface area contributed by atoms with Crippen LogP contribution in [0.4, 0.5) is 0 Å². The largest absolute Gasteiger partial charge is 1.00 e. The quantitative estimate of drug-likeness (QED) is 0.564. The van der Waals surface area contributed by atoms with Crippen molar-refractivity contribution in [3.63, 3.8) is 0 Å². The van der Waals surface area contributed by atoms with Crippen LogP contribution in [0.25, 0.3) is 0 Å². The van der Waals surface area contributed by atoms with Gasteiger partial charge in [-0.1, -0.05) is 0 Å². The number of hydrogen-bond acceptors (Lipinski definition) is 1. The summed E-state index contributed by atoms with van der Waals surface area (Å²) in [5.41, 5.74) is 2.52. The molecule has 0 spiro atoms. The molecule has 0 N–H and O–H groups in total. The molecule has 2 aliphatic rings. The van der Waals surface area contributed by atoms with Gasteiger partial charge in [0.05, 0.1) is 0 Å². The molecular weight excluding hydrogens is 351 g/mol. The minimum absolute atomic E-state index is 0. The third-order valence-electron chi connectivity index (χ3n) is 4.58. The Morgan fingerprint density at radius 2 is 1.86 bits per heavy atom. The molecule has 0 aromatic heterocycles. The predicted octanol–water partition coefficient (Wildman–Crippen LogP) is -1.15. The maximum Gasteiger partial charge on any atom is -1.00 e. The van der Waals surface area contributed by atoms with E-state index in [4.69, 9.17) is 4.74 Å². The molecule has 2 rings (SSSR count). The Morgan fingerprint density at radius 1 is 1.23 bits per heavy atom. The van der Waals surface area contributed by atoms with Gasteiger partial charge in [0.15, 0.2) is 0 Å². The van der Waals surface area contributed by atoms with Gasteiger partial charge >= 0.3 is 135 Å².